The largest absolute Gasteiger partial charge is 0.314 e. The quantitative estimate of drug-likeness (QED) is 0.773. The van der Waals surface area contributed by atoms with Crippen LogP contribution in [0.15, 0.2) is 6.07 Å². The molecule has 3 nitrogen and oxygen atoms in total. The first-order valence-corrected chi connectivity index (χ1v) is 8.98. The van der Waals surface area contributed by atoms with Crippen LogP contribution in [0.5, 0.6) is 0 Å². The Balaban J connectivity index is 1.95. The van der Waals surface area contributed by atoms with E-state index >= 15 is 0 Å². The fourth-order valence-electron chi connectivity index (χ4n) is 3.72. The van der Waals surface area contributed by atoms with Gasteiger partial charge in [-0.1, -0.05) is 52.4 Å². The Morgan fingerprint density at radius 2 is 1.95 bits per heavy atom. The van der Waals surface area contributed by atoms with Gasteiger partial charge in [0.05, 0.1) is 5.69 Å². The molecule has 1 N–H and O–H groups in total. The van der Waals surface area contributed by atoms with Crippen LogP contribution in [0.4, 0.5) is 0 Å². The highest BCUT2D eigenvalue weighted by atomic mass is 15.3. The Morgan fingerprint density at radius 3 is 2.52 bits per heavy atom. The van der Waals surface area contributed by atoms with E-state index in [1.54, 1.807) is 0 Å². The molecule has 0 spiro atoms. The molecule has 3 heteroatoms. The minimum atomic E-state index is 0.609. The van der Waals surface area contributed by atoms with Crippen LogP contribution < -0.4 is 5.32 Å². The van der Waals surface area contributed by atoms with E-state index in [4.69, 9.17) is 0 Å². The smallest absolute Gasteiger partial charge is 0.0624 e. The molecule has 1 aromatic rings. The predicted molar refractivity (Wildman–Crippen MR) is 89.6 cm³/mol. The Hall–Kier alpha value is -0.830. The third-order valence-corrected chi connectivity index (χ3v) is 4.93. The van der Waals surface area contributed by atoms with Crippen LogP contribution in [0.1, 0.15) is 70.2 Å². The summed E-state index contributed by atoms with van der Waals surface area (Å²) in [6, 6.07) is 2.90. The van der Waals surface area contributed by atoms with E-state index in [2.05, 4.69) is 42.1 Å². The van der Waals surface area contributed by atoms with Crippen molar-refractivity contribution in [1.82, 2.24) is 15.1 Å². The van der Waals surface area contributed by atoms with E-state index in [-0.39, 0.29) is 0 Å². The van der Waals surface area contributed by atoms with Gasteiger partial charge in [-0.15, -0.1) is 0 Å². The molecule has 1 unspecified atom stereocenters. The highest BCUT2D eigenvalue weighted by Gasteiger charge is 2.19. The van der Waals surface area contributed by atoms with Gasteiger partial charge in [0.2, 0.25) is 0 Å². The zero-order chi connectivity index (χ0) is 15.1. The molecule has 1 atom stereocenters. The van der Waals surface area contributed by atoms with Crippen molar-refractivity contribution < 1.29 is 0 Å². The summed E-state index contributed by atoms with van der Waals surface area (Å²) in [7, 11) is 2.09. The van der Waals surface area contributed by atoms with Crippen LogP contribution in [0.25, 0.3) is 0 Å². The summed E-state index contributed by atoms with van der Waals surface area (Å²) >= 11 is 0. The van der Waals surface area contributed by atoms with Gasteiger partial charge in [-0.3, -0.25) is 4.68 Å². The molecule has 1 aliphatic carbocycles. The predicted octanol–water partition coefficient (Wildman–Crippen LogP) is 3.86. The SMILES string of the molecule is CCNC(Cc1cc(CC)nn1C)CC1CCCCCC1. The molecule has 2 rings (SSSR count). The summed E-state index contributed by atoms with van der Waals surface area (Å²) in [5, 5.41) is 8.31. The lowest BCUT2D eigenvalue weighted by molar-refractivity contribution is 0.349. The lowest BCUT2D eigenvalue weighted by Crippen LogP contribution is -2.33. The summed E-state index contributed by atoms with van der Waals surface area (Å²) in [6.45, 7) is 5.47. The maximum absolute atomic E-state index is 4.59. The zero-order valence-corrected chi connectivity index (χ0v) is 14.2. The number of hydrogen-bond acceptors (Lipinski definition) is 2. The first-order chi connectivity index (χ1) is 10.2. The van der Waals surface area contributed by atoms with Crippen molar-refractivity contribution in [2.24, 2.45) is 13.0 Å². The van der Waals surface area contributed by atoms with Gasteiger partial charge in [0, 0.05) is 25.2 Å². The average Bonchev–Trinajstić information content (AvgIpc) is 2.66. The van der Waals surface area contributed by atoms with E-state index in [1.807, 2.05) is 0 Å². The van der Waals surface area contributed by atoms with Crippen LogP contribution in [0, 0.1) is 5.92 Å². The van der Waals surface area contributed by atoms with Gasteiger partial charge >= 0.3 is 0 Å². The minimum Gasteiger partial charge on any atom is -0.314 e. The number of rotatable bonds is 7. The van der Waals surface area contributed by atoms with Gasteiger partial charge in [-0.25, -0.2) is 0 Å². The number of nitrogens with one attached hydrogen (secondary N) is 1. The van der Waals surface area contributed by atoms with Gasteiger partial charge in [0.15, 0.2) is 0 Å². The second kappa shape index (κ2) is 8.57. The molecule has 1 aliphatic rings. The van der Waals surface area contributed by atoms with E-state index in [0.29, 0.717) is 6.04 Å². The second-order valence-corrected chi connectivity index (χ2v) is 6.66. The molecule has 0 bridgehead atoms. The van der Waals surface area contributed by atoms with Crippen molar-refractivity contribution in [2.75, 3.05) is 6.54 Å². The molecule has 120 valence electrons. The average molecular weight is 291 g/mol. The summed E-state index contributed by atoms with van der Waals surface area (Å²) in [6.07, 6.45) is 12.1. The lowest BCUT2D eigenvalue weighted by atomic mass is 9.90. The number of nitrogens with zero attached hydrogens (tertiary/aromatic N) is 2. The number of aromatic nitrogens is 2. The highest BCUT2D eigenvalue weighted by Crippen LogP contribution is 2.27. The van der Waals surface area contributed by atoms with Gasteiger partial charge in [0.1, 0.15) is 0 Å². The molecule has 21 heavy (non-hydrogen) atoms. The van der Waals surface area contributed by atoms with Crippen LogP contribution in [0.3, 0.4) is 0 Å². The molecule has 1 heterocycles. The Labute approximate surface area is 130 Å². The summed E-state index contributed by atoms with van der Waals surface area (Å²) in [5.41, 5.74) is 2.60. The Bertz CT molecular complexity index is 403. The fraction of sp³-hybridized carbons (Fsp3) is 0.833. The maximum Gasteiger partial charge on any atom is 0.0624 e. The molecule has 0 radical (unpaired) electrons. The standard InChI is InChI=1S/C18H33N3/c1-4-16-13-18(21(3)20-16)14-17(19-5-2)12-15-10-8-6-7-9-11-15/h13,15,17,19H,4-12,14H2,1-3H3. The molecule has 1 fully saturated rings. The molecular weight excluding hydrogens is 258 g/mol. The van der Waals surface area contributed by atoms with Crippen LogP contribution in [-0.4, -0.2) is 22.4 Å². The van der Waals surface area contributed by atoms with Crippen LogP contribution in [-0.2, 0) is 19.9 Å². The highest BCUT2D eigenvalue weighted by molar-refractivity contribution is 5.11. The summed E-state index contributed by atoms with van der Waals surface area (Å²) in [5.74, 6) is 0.926. The van der Waals surface area contributed by atoms with Gasteiger partial charge < -0.3 is 5.32 Å². The molecule has 1 saturated carbocycles. The van der Waals surface area contributed by atoms with Gasteiger partial charge in [0.25, 0.3) is 0 Å². The van der Waals surface area contributed by atoms with Crippen LogP contribution in [0.2, 0.25) is 0 Å². The normalized spacial score (nSPS) is 18.6. The number of hydrogen-bond donors (Lipinski definition) is 1. The molecule has 0 amide bonds. The number of aryl methyl sites for hydroxylation is 2. The van der Waals surface area contributed by atoms with Crippen LogP contribution >= 0.6 is 0 Å². The summed E-state index contributed by atoms with van der Waals surface area (Å²) < 4.78 is 2.08. The molecule has 0 aromatic carbocycles. The van der Waals surface area contributed by atoms with Crippen molar-refractivity contribution in [2.45, 2.75) is 77.7 Å². The van der Waals surface area contributed by atoms with Crippen molar-refractivity contribution in [1.29, 1.82) is 0 Å². The van der Waals surface area contributed by atoms with E-state index in [9.17, 15) is 0 Å². The lowest BCUT2D eigenvalue weighted by Gasteiger charge is -2.23. The van der Waals surface area contributed by atoms with E-state index in [1.165, 1.54) is 56.3 Å². The van der Waals surface area contributed by atoms with E-state index in [0.717, 1.165) is 25.3 Å². The van der Waals surface area contributed by atoms with Crippen molar-refractivity contribution in [3.63, 3.8) is 0 Å². The Kier molecular flexibility index (Phi) is 6.75. The van der Waals surface area contributed by atoms with Crippen molar-refractivity contribution >= 4 is 0 Å². The first kappa shape index (κ1) is 16.5. The molecule has 0 aliphatic heterocycles. The molecule has 1 aromatic heterocycles. The number of likely N-dealkylation sites (N-methyl/N-ethyl adjacent to an activating group) is 1. The third-order valence-electron chi connectivity index (χ3n) is 4.93. The first-order valence-electron chi connectivity index (χ1n) is 8.98. The summed E-state index contributed by atoms with van der Waals surface area (Å²) in [4.78, 5) is 0. The van der Waals surface area contributed by atoms with Crippen molar-refractivity contribution in [3.05, 3.63) is 17.5 Å². The molecule has 0 saturated heterocycles. The van der Waals surface area contributed by atoms with Gasteiger partial charge in [-0.2, -0.15) is 5.10 Å². The zero-order valence-electron chi connectivity index (χ0n) is 14.2. The molecular formula is C18H33N3. The topological polar surface area (TPSA) is 29.9 Å². The maximum atomic E-state index is 4.59. The second-order valence-electron chi connectivity index (χ2n) is 6.66. The van der Waals surface area contributed by atoms with Gasteiger partial charge in [-0.05, 0) is 31.4 Å². The monoisotopic (exact) mass is 291 g/mol. The minimum absolute atomic E-state index is 0.609. The fourth-order valence-corrected chi connectivity index (χ4v) is 3.72. The van der Waals surface area contributed by atoms with Crippen molar-refractivity contribution in [3.8, 4) is 0 Å². The Morgan fingerprint density at radius 1 is 1.24 bits per heavy atom. The third kappa shape index (κ3) is 5.14. The van der Waals surface area contributed by atoms with E-state index < -0.39 is 0 Å².